The molecule has 146 valence electrons. The van der Waals surface area contributed by atoms with E-state index in [-0.39, 0.29) is 16.4 Å². The van der Waals surface area contributed by atoms with Crippen LogP contribution >= 0.6 is 11.6 Å². The number of rotatable bonds is 6. The van der Waals surface area contributed by atoms with Gasteiger partial charge < -0.3 is 10.1 Å². The zero-order valence-electron chi connectivity index (χ0n) is 13.8. The Bertz CT molecular complexity index is 918. The molecular weight excluding hydrogens is 409 g/mol. The normalized spacial score (nSPS) is 11.7. The van der Waals surface area contributed by atoms with Crippen molar-refractivity contribution in [1.29, 1.82) is 0 Å². The predicted molar refractivity (Wildman–Crippen MR) is 95.4 cm³/mol. The lowest BCUT2D eigenvalue weighted by Crippen LogP contribution is -2.37. The van der Waals surface area contributed by atoms with Crippen LogP contribution in [0.4, 0.5) is 24.5 Å². The second-order valence-electron chi connectivity index (χ2n) is 5.34. The molecule has 11 heteroatoms. The number of nitrogens with one attached hydrogen (secondary N) is 1. The van der Waals surface area contributed by atoms with Crippen LogP contribution in [0.25, 0.3) is 0 Å². The van der Waals surface area contributed by atoms with Crippen molar-refractivity contribution in [3.05, 3.63) is 53.6 Å². The number of carbonyl (C=O) groups is 1. The van der Waals surface area contributed by atoms with Crippen molar-refractivity contribution in [2.24, 2.45) is 0 Å². The monoisotopic (exact) mass is 422 g/mol. The number of hydrogen-bond donors (Lipinski definition) is 1. The number of amides is 1. The van der Waals surface area contributed by atoms with Gasteiger partial charge in [-0.2, -0.15) is 0 Å². The first kappa shape index (κ1) is 20.8. The number of hydrogen-bond acceptors (Lipinski definition) is 4. The van der Waals surface area contributed by atoms with Gasteiger partial charge in [-0.05, 0) is 36.4 Å². The van der Waals surface area contributed by atoms with Crippen molar-refractivity contribution in [1.82, 2.24) is 0 Å². The molecule has 0 atom stereocenters. The molecule has 1 N–H and O–H groups in total. The van der Waals surface area contributed by atoms with Gasteiger partial charge in [-0.25, -0.2) is 8.42 Å². The second kappa shape index (κ2) is 8.05. The average molecular weight is 423 g/mol. The van der Waals surface area contributed by atoms with Gasteiger partial charge in [0.2, 0.25) is 15.9 Å². The van der Waals surface area contributed by atoms with E-state index in [0.717, 1.165) is 22.7 Å². The molecule has 0 bridgehead atoms. The van der Waals surface area contributed by atoms with Gasteiger partial charge in [0.05, 0.1) is 17.0 Å². The SMILES string of the molecule is CS(=O)(=O)N(CC(=O)Nc1ccc(OC(F)(F)F)cc1)c1ccccc1Cl. The summed E-state index contributed by atoms with van der Waals surface area (Å²) in [5.41, 5.74) is 0.299. The first-order valence-corrected chi connectivity index (χ1v) is 9.56. The minimum atomic E-state index is -4.82. The van der Waals surface area contributed by atoms with Crippen molar-refractivity contribution in [2.45, 2.75) is 6.36 Å². The molecule has 0 aliphatic rings. The first-order chi connectivity index (χ1) is 12.5. The molecule has 0 aliphatic carbocycles. The van der Waals surface area contributed by atoms with Crippen LogP contribution in [0, 0.1) is 0 Å². The molecule has 2 aromatic rings. The van der Waals surface area contributed by atoms with E-state index in [1.165, 1.54) is 24.3 Å². The van der Waals surface area contributed by atoms with Crippen LogP contribution in [0.1, 0.15) is 0 Å². The molecule has 1 amide bonds. The Balaban J connectivity index is 2.12. The summed E-state index contributed by atoms with van der Waals surface area (Å²) in [5.74, 6) is -1.15. The molecule has 2 rings (SSSR count). The molecule has 0 aliphatic heterocycles. The lowest BCUT2D eigenvalue weighted by molar-refractivity contribution is -0.274. The Kier molecular flexibility index (Phi) is 6.22. The summed E-state index contributed by atoms with van der Waals surface area (Å²) in [6.07, 6.45) is -3.90. The van der Waals surface area contributed by atoms with E-state index in [0.29, 0.717) is 0 Å². The van der Waals surface area contributed by atoms with E-state index in [2.05, 4.69) is 10.1 Å². The number of anilines is 2. The molecule has 0 heterocycles. The zero-order chi connectivity index (χ0) is 20.2. The van der Waals surface area contributed by atoms with Crippen molar-refractivity contribution >= 4 is 38.9 Å². The summed E-state index contributed by atoms with van der Waals surface area (Å²) in [4.78, 5) is 12.2. The van der Waals surface area contributed by atoms with Crippen molar-refractivity contribution < 1.29 is 31.1 Å². The number of halogens is 4. The quantitative estimate of drug-likeness (QED) is 0.771. The fourth-order valence-corrected chi connectivity index (χ4v) is 3.26. The maximum atomic E-state index is 12.2. The van der Waals surface area contributed by atoms with Crippen LogP contribution in [0.2, 0.25) is 5.02 Å². The number of benzene rings is 2. The summed E-state index contributed by atoms with van der Waals surface area (Å²) < 4.78 is 65.0. The van der Waals surface area contributed by atoms with Gasteiger partial charge >= 0.3 is 6.36 Å². The number of ether oxygens (including phenoxy) is 1. The molecule has 6 nitrogen and oxygen atoms in total. The van der Waals surface area contributed by atoms with Gasteiger partial charge in [-0.15, -0.1) is 13.2 Å². The molecular formula is C16H14ClF3N2O4S. The van der Waals surface area contributed by atoms with Gasteiger partial charge in [-0.1, -0.05) is 23.7 Å². The fraction of sp³-hybridized carbons (Fsp3) is 0.188. The summed E-state index contributed by atoms with van der Waals surface area (Å²) in [7, 11) is -3.81. The highest BCUT2D eigenvalue weighted by atomic mass is 35.5. The molecule has 0 spiro atoms. The van der Waals surface area contributed by atoms with E-state index in [4.69, 9.17) is 11.6 Å². The maximum absolute atomic E-state index is 12.2. The third kappa shape index (κ3) is 6.33. The van der Waals surface area contributed by atoms with Crippen LogP contribution in [-0.4, -0.2) is 33.5 Å². The smallest absolute Gasteiger partial charge is 0.406 e. The highest BCUT2D eigenvalue weighted by molar-refractivity contribution is 7.92. The van der Waals surface area contributed by atoms with E-state index in [1.54, 1.807) is 12.1 Å². The van der Waals surface area contributed by atoms with Crippen LogP contribution in [-0.2, 0) is 14.8 Å². The minimum Gasteiger partial charge on any atom is -0.406 e. The Morgan fingerprint density at radius 3 is 2.26 bits per heavy atom. The highest BCUT2D eigenvalue weighted by Crippen LogP contribution is 2.27. The number of sulfonamides is 1. The number of nitrogens with zero attached hydrogens (tertiary/aromatic N) is 1. The standard InChI is InChI=1S/C16H14ClF3N2O4S/c1-27(24,25)22(14-5-3-2-4-13(14)17)10-15(23)21-11-6-8-12(9-7-11)26-16(18,19)20/h2-9H,10H2,1H3,(H,21,23). The van der Waals surface area contributed by atoms with Gasteiger partial charge in [0.15, 0.2) is 0 Å². The number of para-hydroxylation sites is 1. The van der Waals surface area contributed by atoms with Gasteiger partial charge in [0, 0.05) is 5.69 Å². The zero-order valence-corrected chi connectivity index (χ0v) is 15.4. The summed E-state index contributed by atoms with van der Waals surface area (Å²) in [6.45, 7) is -0.566. The van der Waals surface area contributed by atoms with E-state index in [1.807, 2.05) is 0 Å². The summed E-state index contributed by atoms with van der Waals surface area (Å²) in [6, 6.07) is 10.5. The van der Waals surface area contributed by atoms with Gasteiger partial charge in [0.1, 0.15) is 12.3 Å². The molecule has 2 aromatic carbocycles. The van der Waals surface area contributed by atoms with Crippen molar-refractivity contribution in [3.63, 3.8) is 0 Å². The molecule has 0 radical (unpaired) electrons. The van der Waals surface area contributed by atoms with Crippen LogP contribution in [0.3, 0.4) is 0 Å². The van der Waals surface area contributed by atoms with Crippen molar-refractivity contribution in [3.8, 4) is 5.75 Å². The molecule has 0 saturated heterocycles. The third-order valence-corrected chi connectivity index (χ3v) is 4.63. The Labute approximate surface area is 158 Å². The largest absolute Gasteiger partial charge is 0.573 e. The third-order valence-electron chi connectivity index (χ3n) is 3.18. The molecule has 0 fully saturated rings. The van der Waals surface area contributed by atoms with E-state index >= 15 is 0 Å². The lowest BCUT2D eigenvalue weighted by Gasteiger charge is -2.22. The number of carbonyl (C=O) groups excluding carboxylic acids is 1. The summed E-state index contributed by atoms with van der Waals surface area (Å²) in [5, 5.41) is 2.54. The summed E-state index contributed by atoms with van der Waals surface area (Å²) >= 11 is 6.00. The maximum Gasteiger partial charge on any atom is 0.573 e. The lowest BCUT2D eigenvalue weighted by atomic mass is 10.3. The van der Waals surface area contributed by atoms with Crippen LogP contribution in [0.5, 0.6) is 5.75 Å². The van der Waals surface area contributed by atoms with Crippen molar-refractivity contribution in [2.75, 3.05) is 22.4 Å². The van der Waals surface area contributed by atoms with E-state index < -0.39 is 34.6 Å². The molecule has 0 unspecified atom stereocenters. The predicted octanol–water partition coefficient (Wildman–Crippen LogP) is 3.64. The minimum absolute atomic E-state index is 0.130. The number of alkyl halides is 3. The topological polar surface area (TPSA) is 75.7 Å². The Morgan fingerprint density at radius 1 is 1.15 bits per heavy atom. The molecule has 0 saturated carbocycles. The van der Waals surface area contributed by atoms with E-state index in [9.17, 15) is 26.4 Å². The van der Waals surface area contributed by atoms with Crippen LogP contribution in [0.15, 0.2) is 48.5 Å². The van der Waals surface area contributed by atoms with Gasteiger partial charge in [-0.3, -0.25) is 9.10 Å². The molecule has 27 heavy (non-hydrogen) atoms. The van der Waals surface area contributed by atoms with Crippen LogP contribution < -0.4 is 14.4 Å². The average Bonchev–Trinajstić information content (AvgIpc) is 2.53. The fourth-order valence-electron chi connectivity index (χ4n) is 2.11. The molecule has 0 aromatic heterocycles. The highest BCUT2D eigenvalue weighted by Gasteiger charge is 2.31. The second-order valence-corrected chi connectivity index (χ2v) is 7.66. The Morgan fingerprint density at radius 2 is 1.74 bits per heavy atom. The Hall–Kier alpha value is -2.46. The van der Waals surface area contributed by atoms with Gasteiger partial charge in [0.25, 0.3) is 0 Å². The first-order valence-electron chi connectivity index (χ1n) is 7.33.